The van der Waals surface area contributed by atoms with Crippen molar-refractivity contribution < 1.29 is 9.84 Å². The first-order valence-corrected chi connectivity index (χ1v) is 13.4. The molecule has 0 fully saturated rings. The summed E-state index contributed by atoms with van der Waals surface area (Å²) in [6.45, 7) is -0.0760. The Bertz CT molecular complexity index is 1470. The Morgan fingerprint density at radius 1 is 0.778 bits per heavy atom. The van der Waals surface area contributed by atoms with E-state index in [4.69, 9.17) is 9.48 Å². The Morgan fingerprint density at radius 2 is 1.36 bits per heavy atom. The van der Waals surface area contributed by atoms with Crippen molar-refractivity contribution in [2.45, 2.75) is 12.3 Å². The summed E-state index contributed by atoms with van der Waals surface area (Å²) < 4.78 is 13.2. The highest BCUT2D eigenvalue weighted by atomic mass is 31.2. The second-order valence-corrected chi connectivity index (χ2v) is 11.4. The first kappa shape index (κ1) is 22.6. The van der Waals surface area contributed by atoms with Crippen LogP contribution in [0.3, 0.4) is 0 Å². The van der Waals surface area contributed by atoms with E-state index in [1.54, 1.807) is 6.33 Å². The van der Waals surface area contributed by atoms with Gasteiger partial charge in [-0.15, -0.1) is 0 Å². The number of aliphatic hydroxyl groups is 1. The Balaban J connectivity index is 1.63. The number of hydrogen-bond donors (Lipinski definition) is 1. The van der Waals surface area contributed by atoms with Crippen LogP contribution in [0.4, 0.5) is 5.82 Å². The average Bonchev–Trinajstić information content (AvgIpc) is 3.61. The molecule has 1 N–H and O–H groups in total. The van der Waals surface area contributed by atoms with Crippen molar-refractivity contribution in [1.82, 2.24) is 19.5 Å². The number of aliphatic hydroxyl groups excluding tert-OH is 1. The molecule has 0 unspecified atom stereocenters. The minimum absolute atomic E-state index is 0.0760. The van der Waals surface area contributed by atoms with Crippen LogP contribution in [0.1, 0.15) is 6.23 Å². The molecule has 2 atom stereocenters. The molecular weight excluding hydrogens is 469 g/mol. The van der Waals surface area contributed by atoms with Gasteiger partial charge in [-0.3, -0.25) is 4.57 Å². The maximum absolute atomic E-state index is 9.45. The quantitative estimate of drug-likeness (QED) is 0.285. The second-order valence-electron chi connectivity index (χ2n) is 8.40. The Morgan fingerprint density at radius 3 is 1.89 bits per heavy atom. The highest BCUT2D eigenvalue weighted by molar-refractivity contribution is 7.87. The lowest BCUT2D eigenvalue weighted by Crippen LogP contribution is -2.25. The summed E-state index contributed by atoms with van der Waals surface area (Å²) in [4.78, 5) is 13.8. The highest BCUT2D eigenvalue weighted by Crippen LogP contribution is 2.49. The van der Waals surface area contributed by atoms with Crippen LogP contribution in [0.15, 0.2) is 121 Å². The number of rotatable bonds is 6. The van der Waals surface area contributed by atoms with Gasteiger partial charge in [0.2, 0.25) is 0 Å². The predicted molar refractivity (Wildman–Crippen MR) is 143 cm³/mol. The van der Waals surface area contributed by atoms with E-state index in [1.165, 1.54) is 6.33 Å². The molecule has 1 aliphatic rings. The Kier molecular flexibility index (Phi) is 6.03. The summed E-state index contributed by atoms with van der Waals surface area (Å²) >= 11 is 0. The number of ether oxygens (including phenoxy) is 1. The zero-order chi connectivity index (χ0) is 24.4. The standard InChI is InChI=1S/C28H24N5O2P/c34-18-21-16-17-25(35-21)33-20-31-26-27(29-19-30-28(26)33)32-36(22-10-4-1-5-11-22,23-12-6-2-7-13-23)24-14-8-3-9-15-24/h1-17,19-21,25,34H,18H2/t21-,25+/m0/s1. The van der Waals surface area contributed by atoms with Crippen LogP contribution in [0.25, 0.3) is 11.2 Å². The van der Waals surface area contributed by atoms with Crippen molar-refractivity contribution in [3.8, 4) is 0 Å². The van der Waals surface area contributed by atoms with Crippen LogP contribution in [0.2, 0.25) is 0 Å². The molecule has 0 radical (unpaired) electrons. The molecule has 6 rings (SSSR count). The van der Waals surface area contributed by atoms with Gasteiger partial charge in [-0.05, 0) is 6.08 Å². The summed E-state index contributed by atoms with van der Waals surface area (Å²) in [5.41, 5.74) is 1.23. The maximum atomic E-state index is 9.45. The second kappa shape index (κ2) is 9.63. The molecule has 0 aliphatic carbocycles. The van der Waals surface area contributed by atoms with Gasteiger partial charge in [0.05, 0.1) is 20.0 Å². The van der Waals surface area contributed by atoms with Crippen molar-refractivity contribution in [2.75, 3.05) is 6.61 Å². The minimum Gasteiger partial charge on any atom is -0.393 e. The van der Waals surface area contributed by atoms with E-state index in [0.29, 0.717) is 17.0 Å². The number of hydrogen-bond acceptors (Lipinski definition) is 6. The molecule has 0 saturated carbocycles. The Labute approximate surface area is 208 Å². The molecule has 0 amide bonds. The molecular formula is C28H24N5O2P. The number of fused-ring (bicyclic) bond motifs is 1. The SMILES string of the molecule is OC[C@@H]1C=C[C@H](n2cnc3c(N=P(c4ccccc4)(c4ccccc4)c4ccccc4)ncnc32)O1. The van der Waals surface area contributed by atoms with Gasteiger partial charge in [0, 0.05) is 15.9 Å². The molecule has 7 nitrogen and oxygen atoms in total. The largest absolute Gasteiger partial charge is 0.393 e. The van der Waals surface area contributed by atoms with Gasteiger partial charge in [-0.2, -0.15) is 0 Å². The van der Waals surface area contributed by atoms with E-state index in [-0.39, 0.29) is 12.7 Å². The Hall–Kier alpha value is -3.90. The fourth-order valence-corrected chi connectivity index (χ4v) is 8.03. The first-order chi connectivity index (χ1) is 17.8. The number of imidazole rings is 1. The number of benzene rings is 3. The first-order valence-electron chi connectivity index (χ1n) is 11.7. The zero-order valence-corrected chi connectivity index (χ0v) is 20.3. The van der Waals surface area contributed by atoms with Gasteiger partial charge in [-0.1, -0.05) is 97.1 Å². The highest BCUT2D eigenvalue weighted by Gasteiger charge is 2.29. The third-order valence-corrected chi connectivity index (χ3v) is 9.86. The molecule has 1 aliphatic heterocycles. The molecule has 0 saturated heterocycles. The predicted octanol–water partition coefficient (Wildman–Crippen LogP) is 4.08. The monoisotopic (exact) mass is 493 g/mol. The van der Waals surface area contributed by atoms with Gasteiger partial charge < -0.3 is 9.84 Å². The van der Waals surface area contributed by atoms with Gasteiger partial charge in [0.15, 0.2) is 23.2 Å². The van der Waals surface area contributed by atoms with Crippen molar-refractivity contribution >= 4 is 39.9 Å². The smallest absolute Gasteiger partial charge is 0.183 e. The van der Waals surface area contributed by atoms with E-state index in [0.717, 1.165) is 15.9 Å². The summed E-state index contributed by atoms with van der Waals surface area (Å²) in [5, 5.41) is 12.8. The number of aromatic nitrogens is 4. The van der Waals surface area contributed by atoms with E-state index in [1.807, 2.05) is 34.9 Å². The summed E-state index contributed by atoms with van der Waals surface area (Å²) in [6, 6.07) is 31.2. The third kappa shape index (κ3) is 3.88. The fraction of sp³-hybridized carbons (Fsp3) is 0.107. The van der Waals surface area contributed by atoms with Crippen LogP contribution in [-0.4, -0.2) is 37.3 Å². The lowest BCUT2D eigenvalue weighted by atomic mass is 10.4. The average molecular weight is 494 g/mol. The van der Waals surface area contributed by atoms with Crippen LogP contribution in [0.5, 0.6) is 0 Å². The van der Waals surface area contributed by atoms with E-state index in [2.05, 4.69) is 87.7 Å². The normalized spacial score (nSPS) is 17.5. The van der Waals surface area contributed by atoms with E-state index >= 15 is 0 Å². The van der Waals surface area contributed by atoms with Crippen LogP contribution < -0.4 is 15.9 Å². The van der Waals surface area contributed by atoms with Crippen LogP contribution in [-0.2, 0) is 4.74 Å². The van der Waals surface area contributed by atoms with Crippen molar-refractivity contribution in [1.29, 1.82) is 0 Å². The summed E-state index contributed by atoms with van der Waals surface area (Å²) in [6.07, 6.45) is 6.23. The van der Waals surface area contributed by atoms with Gasteiger partial charge in [-0.25, -0.2) is 19.7 Å². The molecule has 8 heteroatoms. The molecule has 3 aromatic carbocycles. The van der Waals surface area contributed by atoms with Gasteiger partial charge >= 0.3 is 0 Å². The van der Waals surface area contributed by atoms with Gasteiger partial charge in [0.25, 0.3) is 0 Å². The molecule has 3 heterocycles. The van der Waals surface area contributed by atoms with Crippen LogP contribution >= 0.6 is 7.05 Å². The number of nitrogens with zero attached hydrogens (tertiary/aromatic N) is 5. The lowest BCUT2D eigenvalue weighted by molar-refractivity contribution is -0.00638. The summed E-state index contributed by atoms with van der Waals surface area (Å²) in [5.74, 6) is 0.532. The van der Waals surface area contributed by atoms with Crippen molar-refractivity contribution in [3.63, 3.8) is 0 Å². The molecule has 0 bridgehead atoms. The summed E-state index contributed by atoms with van der Waals surface area (Å²) in [7, 11) is -2.50. The van der Waals surface area contributed by atoms with Gasteiger partial charge in [0.1, 0.15) is 12.4 Å². The fourth-order valence-electron chi connectivity index (χ4n) is 4.54. The minimum atomic E-state index is -2.50. The van der Waals surface area contributed by atoms with Crippen molar-refractivity contribution in [3.05, 3.63) is 116 Å². The van der Waals surface area contributed by atoms with E-state index < -0.39 is 13.3 Å². The van der Waals surface area contributed by atoms with Crippen molar-refractivity contribution in [2.24, 2.45) is 4.74 Å². The lowest BCUT2D eigenvalue weighted by Gasteiger charge is -2.26. The molecule has 2 aromatic heterocycles. The third-order valence-electron chi connectivity index (χ3n) is 6.23. The van der Waals surface area contributed by atoms with Crippen LogP contribution in [0, 0.1) is 0 Å². The molecule has 5 aromatic rings. The zero-order valence-electron chi connectivity index (χ0n) is 19.4. The molecule has 36 heavy (non-hydrogen) atoms. The molecule has 0 spiro atoms. The topological polar surface area (TPSA) is 85.4 Å². The molecule has 178 valence electrons. The van der Waals surface area contributed by atoms with E-state index in [9.17, 15) is 5.11 Å². The maximum Gasteiger partial charge on any atom is 0.183 e.